The van der Waals surface area contributed by atoms with Crippen LogP contribution in [-0.4, -0.2) is 33.4 Å². The third kappa shape index (κ3) is 6.41. The van der Waals surface area contributed by atoms with Crippen molar-refractivity contribution in [1.82, 2.24) is 4.98 Å². The van der Waals surface area contributed by atoms with Gasteiger partial charge in [-0.05, 0) is 34.1 Å². The predicted octanol–water partition coefficient (Wildman–Crippen LogP) is 3.94. The molecular weight excluding hydrogens is 492 g/mol. The number of fused-ring (bicyclic) bond motifs is 1. The number of carbonyl (C=O) groups is 2. The minimum absolute atomic E-state index is 0.0162. The Morgan fingerprint density at radius 3 is 2.52 bits per heavy atom. The fourth-order valence-electron chi connectivity index (χ4n) is 1.24. The zero-order chi connectivity index (χ0) is 15.8. The summed E-state index contributed by atoms with van der Waals surface area (Å²) < 4.78 is 6.09. The number of nitrogens with one attached hydrogen (secondary N) is 1. The Hall–Kier alpha value is -0.510. The zero-order valence-corrected chi connectivity index (χ0v) is 16.4. The van der Waals surface area contributed by atoms with Gasteiger partial charge in [0.1, 0.15) is 5.75 Å². The number of alkyl halides is 2. The Kier molecular flexibility index (Phi) is 8.38. The molecule has 1 amide bonds. The van der Waals surface area contributed by atoms with Crippen LogP contribution in [0.2, 0.25) is 0 Å². The number of carbonyl (C=O) groups excluding carboxylic acids is 2. The molecular formula is C12H11Br3N2O3S. The molecule has 1 heterocycles. The van der Waals surface area contributed by atoms with Crippen LogP contribution >= 0.6 is 59.1 Å². The lowest BCUT2D eigenvalue weighted by Crippen LogP contribution is -2.11. The maximum atomic E-state index is 11.2. The van der Waals surface area contributed by atoms with Gasteiger partial charge in [-0.2, -0.15) is 0 Å². The molecule has 0 aliphatic rings. The number of amides is 1. The number of rotatable bonds is 4. The van der Waals surface area contributed by atoms with Crippen LogP contribution in [0.25, 0.3) is 10.2 Å². The van der Waals surface area contributed by atoms with Gasteiger partial charge >= 0.3 is 0 Å². The molecule has 9 heteroatoms. The van der Waals surface area contributed by atoms with Crippen molar-refractivity contribution in [1.29, 1.82) is 0 Å². The first kappa shape index (κ1) is 18.5. The zero-order valence-electron chi connectivity index (χ0n) is 10.9. The van der Waals surface area contributed by atoms with Crippen LogP contribution in [0.5, 0.6) is 5.75 Å². The molecule has 1 N–H and O–H groups in total. The summed E-state index contributed by atoms with van der Waals surface area (Å²) in [5.74, 6) is 0.681. The predicted molar refractivity (Wildman–Crippen MR) is 96.3 cm³/mol. The van der Waals surface area contributed by atoms with Gasteiger partial charge in [0.25, 0.3) is 0 Å². The smallest absolute Gasteiger partial charge is 0.236 e. The van der Waals surface area contributed by atoms with Gasteiger partial charge in [0.15, 0.2) is 5.13 Å². The van der Waals surface area contributed by atoms with E-state index in [4.69, 9.17) is 4.74 Å². The van der Waals surface area contributed by atoms with Gasteiger partial charge in [0.05, 0.1) is 28.0 Å². The fraction of sp³-hybridized carbons (Fsp3) is 0.250. The first-order chi connectivity index (χ1) is 9.99. The SMILES string of the molecule is COc1ccc2nc(NC(=O)CBr)sc2c1.O=C(Br)CBr. The Morgan fingerprint density at radius 1 is 1.33 bits per heavy atom. The second kappa shape index (κ2) is 9.50. The number of halogens is 3. The normalized spacial score (nSPS) is 9.71. The Labute approximate surface area is 150 Å². The summed E-state index contributed by atoms with van der Waals surface area (Å²) in [7, 11) is 1.62. The van der Waals surface area contributed by atoms with E-state index in [1.165, 1.54) is 11.3 Å². The van der Waals surface area contributed by atoms with Crippen molar-refractivity contribution >= 4 is 85.1 Å². The average Bonchev–Trinajstić information content (AvgIpc) is 2.88. The molecule has 1 aromatic heterocycles. The van der Waals surface area contributed by atoms with E-state index in [-0.39, 0.29) is 15.9 Å². The highest BCUT2D eigenvalue weighted by Crippen LogP contribution is 2.29. The number of methoxy groups -OCH3 is 1. The van der Waals surface area contributed by atoms with E-state index < -0.39 is 0 Å². The summed E-state index contributed by atoms with van der Waals surface area (Å²) >= 11 is 10.1. The summed E-state index contributed by atoms with van der Waals surface area (Å²) in [6, 6.07) is 5.61. The first-order valence-electron chi connectivity index (χ1n) is 5.54. The molecule has 0 unspecified atom stereocenters. The van der Waals surface area contributed by atoms with E-state index in [0.717, 1.165) is 16.0 Å². The Morgan fingerprint density at radius 2 is 2.00 bits per heavy atom. The molecule has 0 saturated carbocycles. The fourth-order valence-corrected chi connectivity index (χ4v) is 2.29. The topological polar surface area (TPSA) is 68.3 Å². The van der Waals surface area contributed by atoms with Crippen LogP contribution in [-0.2, 0) is 9.59 Å². The van der Waals surface area contributed by atoms with Crippen molar-refractivity contribution in [3.8, 4) is 5.75 Å². The van der Waals surface area contributed by atoms with Crippen molar-refractivity contribution < 1.29 is 14.3 Å². The van der Waals surface area contributed by atoms with E-state index >= 15 is 0 Å². The van der Waals surface area contributed by atoms with Gasteiger partial charge in [-0.15, -0.1) is 0 Å². The minimum atomic E-state index is -0.106. The molecule has 0 aliphatic carbocycles. The molecule has 114 valence electrons. The number of thiazole rings is 1. The minimum Gasteiger partial charge on any atom is -0.497 e. The first-order valence-corrected chi connectivity index (χ1v) is 9.40. The van der Waals surface area contributed by atoms with Crippen LogP contribution in [0.1, 0.15) is 0 Å². The molecule has 2 rings (SSSR count). The number of nitrogens with zero attached hydrogens (tertiary/aromatic N) is 1. The van der Waals surface area contributed by atoms with Crippen LogP contribution in [0, 0.1) is 0 Å². The molecule has 0 fully saturated rings. The van der Waals surface area contributed by atoms with Crippen molar-refractivity contribution in [3.63, 3.8) is 0 Å². The summed E-state index contributed by atoms with van der Waals surface area (Å²) in [6.07, 6.45) is 0. The van der Waals surface area contributed by atoms with Crippen LogP contribution < -0.4 is 10.1 Å². The van der Waals surface area contributed by atoms with E-state index in [1.54, 1.807) is 7.11 Å². The summed E-state index contributed by atoms with van der Waals surface area (Å²) in [4.78, 5) is 25.1. The number of anilines is 1. The lowest BCUT2D eigenvalue weighted by molar-refractivity contribution is -0.113. The van der Waals surface area contributed by atoms with Crippen LogP contribution in [0.4, 0.5) is 5.13 Å². The van der Waals surface area contributed by atoms with Gasteiger partial charge < -0.3 is 10.1 Å². The molecule has 0 atom stereocenters. The van der Waals surface area contributed by atoms with Gasteiger partial charge in [0.2, 0.25) is 10.6 Å². The van der Waals surface area contributed by atoms with E-state index in [2.05, 4.69) is 58.1 Å². The van der Waals surface area contributed by atoms with Crippen molar-refractivity contribution in [2.45, 2.75) is 0 Å². The molecule has 1 aromatic carbocycles. The van der Waals surface area contributed by atoms with E-state index in [1.807, 2.05) is 18.2 Å². The highest BCUT2D eigenvalue weighted by Gasteiger charge is 2.07. The summed E-state index contributed by atoms with van der Waals surface area (Å²) in [5.41, 5.74) is 0.857. The molecule has 2 aromatic rings. The number of benzene rings is 1. The third-order valence-corrected chi connectivity index (χ3v) is 5.05. The molecule has 0 bridgehead atoms. The highest BCUT2D eigenvalue weighted by atomic mass is 79.9. The Balaban J connectivity index is 0.000000383. The molecule has 0 aliphatic heterocycles. The summed E-state index contributed by atoms with van der Waals surface area (Å²) in [6.45, 7) is 0. The summed E-state index contributed by atoms with van der Waals surface area (Å²) in [5, 5.41) is 3.97. The highest BCUT2D eigenvalue weighted by molar-refractivity contribution is 9.19. The van der Waals surface area contributed by atoms with E-state index in [9.17, 15) is 9.59 Å². The quantitative estimate of drug-likeness (QED) is 0.508. The number of hydrogen-bond donors (Lipinski definition) is 1. The standard InChI is InChI=1S/C10H9BrN2O2S.C2H2Br2O/c1-15-6-2-3-7-8(4-6)16-10(12-7)13-9(14)5-11;3-1-2(4)5/h2-4H,5H2,1H3,(H,12,13,14);1H2. The van der Waals surface area contributed by atoms with Gasteiger partial charge in [-0.25, -0.2) is 4.98 Å². The van der Waals surface area contributed by atoms with E-state index in [0.29, 0.717) is 10.5 Å². The lowest BCUT2D eigenvalue weighted by atomic mass is 10.3. The largest absolute Gasteiger partial charge is 0.497 e. The van der Waals surface area contributed by atoms with Crippen LogP contribution in [0.15, 0.2) is 18.2 Å². The lowest BCUT2D eigenvalue weighted by Gasteiger charge is -1.96. The molecule has 0 saturated heterocycles. The maximum absolute atomic E-state index is 11.2. The molecule has 0 spiro atoms. The average molecular weight is 503 g/mol. The molecule has 5 nitrogen and oxygen atoms in total. The van der Waals surface area contributed by atoms with Crippen molar-refractivity contribution in [2.75, 3.05) is 23.1 Å². The van der Waals surface area contributed by atoms with Gasteiger partial charge in [0, 0.05) is 0 Å². The monoisotopic (exact) mass is 500 g/mol. The second-order valence-corrected chi connectivity index (χ2v) is 6.56. The van der Waals surface area contributed by atoms with Crippen molar-refractivity contribution in [2.24, 2.45) is 0 Å². The number of ether oxygens (including phenoxy) is 1. The van der Waals surface area contributed by atoms with Gasteiger partial charge in [-0.3, -0.25) is 9.59 Å². The number of aromatic nitrogens is 1. The number of hydrogen-bond acceptors (Lipinski definition) is 5. The van der Waals surface area contributed by atoms with Crippen LogP contribution in [0.3, 0.4) is 0 Å². The molecule has 0 radical (unpaired) electrons. The van der Waals surface area contributed by atoms with Crippen molar-refractivity contribution in [3.05, 3.63) is 18.2 Å². The third-order valence-electron chi connectivity index (χ3n) is 2.07. The Bertz CT molecular complexity index is 633. The van der Waals surface area contributed by atoms with Gasteiger partial charge in [-0.1, -0.05) is 43.2 Å². The molecule has 21 heavy (non-hydrogen) atoms. The maximum Gasteiger partial charge on any atom is 0.236 e. The second-order valence-electron chi connectivity index (χ2n) is 3.52.